The van der Waals surface area contributed by atoms with Gasteiger partial charge in [0.1, 0.15) is 0 Å². The molecule has 0 aromatic heterocycles. The van der Waals surface area contributed by atoms with Crippen molar-refractivity contribution in [3.05, 3.63) is 24.3 Å². The van der Waals surface area contributed by atoms with Crippen LogP contribution in [0.2, 0.25) is 0 Å². The third kappa shape index (κ3) is 3.37. The predicted octanol–water partition coefficient (Wildman–Crippen LogP) is 1.51. The lowest BCUT2D eigenvalue weighted by atomic mass is 10.1. The first-order valence-corrected chi connectivity index (χ1v) is 9.16. The summed E-state index contributed by atoms with van der Waals surface area (Å²) in [6.45, 7) is 1.59. The maximum absolute atomic E-state index is 11.9. The maximum Gasteiger partial charge on any atom is 0.223 e. The van der Waals surface area contributed by atoms with Crippen LogP contribution >= 0.6 is 0 Å². The van der Waals surface area contributed by atoms with E-state index in [1.165, 1.54) is 6.26 Å². The van der Waals surface area contributed by atoms with Crippen LogP contribution in [0.1, 0.15) is 19.3 Å². The minimum absolute atomic E-state index is 0.275. The van der Waals surface area contributed by atoms with Crippen LogP contribution in [0.3, 0.4) is 0 Å². The number of rotatable bonds is 5. The highest BCUT2D eigenvalue weighted by molar-refractivity contribution is 7.90. The average Bonchev–Trinajstić information content (AvgIpc) is 3.20. The van der Waals surface area contributed by atoms with Crippen LogP contribution in [0.15, 0.2) is 29.2 Å². The van der Waals surface area contributed by atoms with Crippen LogP contribution in [0.4, 0.5) is 5.69 Å². The smallest absolute Gasteiger partial charge is 0.223 e. The number of anilines is 1. The van der Waals surface area contributed by atoms with E-state index >= 15 is 0 Å². The molecule has 1 saturated carbocycles. The number of nitrogens with zero attached hydrogens (tertiary/aromatic N) is 1. The van der Waals surface area contributed by atoms with Gasteiger partial charge in [0.25, 0.3) is 0 Å². The molecule has 1 atom stereocenters. The molecule has 114 valence electrons. The molecule has 5 nitrogen and oxygen atoms in total. The molecule has 1 aromatic carbocycles. The third-order valence-electron chi connectivity index (χ3n) is 4.10. The first kappa shape index (κ1) is 14.4. The zero-order valence-corrected chi connectivity index (χ0v) is 12.9. The van der Waals surface area contributed by atoms with E-state index in [0.29, 0.717) is 23.3 Å². The lowest BCUT2D eigenvalue weighted by Gasteiger charge is -2.16. The number of carbonyl (C=O) groups is 1. The van der Waals surface area contributed by atoms with Crippen LogP contribution in [-0.4, -0.2) is 44.6 Å². The van der Waals surface area contributed by atoms with Crippen molar-refractivity contribution < 1.29 is 13.2 Å². The van der Waals surface area contributed by atoms with Crippen LogP contribution in [0.25, 0.3) is 0 Å². The van der Waals surface area contributed by atoms with E-state index < -0.39 is 9.84 Å². The Morgan fingerprint density at radius 3 is 2.48 bits per heavy atom. The lowest BCUT2D eigenvalue weighted by molar-refractivity contribution is -0.128. The molecule has 1 unspecified atom stereocenters. The molecule has 0 radical (unpaired) electrons. The topological polar surface area (TPSA) is 66.5 Å². The molecule has 21 heavy (non-hydrogen) atoms. The highest BCUT2D eigenvalue weighted by Gasteiger charge is 2.38. The number of carbonyl (C=O) groups excluding carboxylic acids is 1. The summed E-state index contributed by atoms with van der Waals surface area (Å²) in [5.41, 5.74) is 0.889. The monoisotopic (exact) mass is 308 g/mol. The van der Waals surface area contributed by atoms with Crippen molar-refractivity contribution in [2.45, 2.75) is 30.2 Å². The Kier molecular flexibility index (Phi) is 3.65. The summed E-state index contributed by atoms with van der Waals surface area (Å²) in [4.78, 5) is 14.2. The van der Waals surface area contributed by atoms with Crippen molar-refractivity contribution in [3.63, 3.8) is 0 Å². The summed E-state index contributed by atoms with van der Waals surface area (Å²) in [6, 6.07) is 7.25. The standard InChI is InChI=1S/C15H20N2O3S/c1-21(19,20)14-6-2-12(3-7-14)16-9-11-8-15(18)17(10-11)13-4-5-13/h2-3,6-7,11,13,16H,4-5,8-10H2,1H3. The van der Waals surface area contributed by atoms with Gasteiger partial charge in [-0.1, -0.05) is 0 Å². The predicted molar refractivity (Wildman–Crippen MR) is 80.9 cm³/mol. The fraction of sp³-hybridized carbons (Fsp3) is 0.533. The van der Waals surface area contributed by atoms with E-state index in [1.807, 2.05) is 4.90 Å². The summed E-state index contributed by atoms with van der Waals surface area (Å²) in [5, 5.41) is 3.29. The number of hydrogen-bond acceptors (Lipinski definition) is 4. The van der Waals surface area contributed by atoms with Gasteiger partial charge >= 0.3 is 0 Å². The molecule has 1 heterocycles. The van der Waals surface area contributed by atoms with Crippen molar-refractivity contribution in [1.29, 1.82) is 0 Å². The summed E-state index contributed by atoms with van der Waals surface area (Å²) in [5.74, 6) is 0.615. The van der Waals surface area contributed by atoms with Gasteiger partial charge in [-0.2, -0.15) is 0 Å². The molecule has 3 rings (SSSR count). The van der Waals surface area contributed by atoms with Crippen LogP contribution in [-0.2, 0) is 14.6 Å². The molecule has 1 N–H and O–H groups in total. The molecule has 1 amide bonds. The fourth-order valence-corrected chi connectivity index (χ4v) is 3.40. The van der Waals surface area contributed by atoms with Gasteiger partial charge in [0.2, 0.25) is 5.91 Å². The number of nitrogens with one attached hydrogen (secondary N) is 1. The fourth-order valence-electron chi connectivity index (χ4n) is 2.77. The number of benzene rings is 1. The Labute approximate surface area is 125 Å². The number of hydrogen-bond donors (Lipinski definition) is 1. The summed E-state index contributed by atoms with van der Waals surface area (Å²) < 4.78 is 22.8. The number of likely N-dealkylation sites (tertiary alicyclic amines) is 1. The van der Waals surface area contributed by atoms with Gasteiger partial charge in [-0.15, -0.1) is 0 Å². The van der Waals surface area contributed by atoms with Crippen molar-refractivity contribution in [2.75, 3.05) is 24.7 Å². The normalized spacial score (nSPS) is 22.6. The average molecular weight is 308 g/mol. The van der Waals surface area contributed by atoms with E-state index in [1.54, 1.807) is 24.3 Å². The van der Waals surface area contributed by atoms with Gasteiger partial charge in [-0.25, -0.2) is 8.42 Å². The van der Waals surface area contributed by atoms with E-state index in [9.17, 15) is 13.2 Å². The molecule has 1 aliphatic heterocycles. The van der Waals surface area contributed by atoms with Crippen molar-refractivity contribution >= 4 is 21.4 Å². The molecule has 1 aromatic rings. The molecule has 1 aliphatic carbocycles. The molecular weight excluding hydrogens is 288 g/mol. The first-order valence-electron chi connectivity index (χ1n) is 7.27. The highest BCUT2D eigenvalue weighted by atomic mass is 32.2. The molecule has 1 saturated heterocycles. The van der Waals surface area contributed by atoms with Crippen molar-refractivity contribution in [2.24, 2.45) is 5.92 Å². The molecule has 0 spiro atoms. The molecule has 2 fully saturated rings. The van der Waals surface area contributed by atoms with Crippen LogP contribution < -0.4 is 5.32 Å². The minimum Gasteiger partial charge on any atom is -0.385 e. The van der Waals surface area contributed by atoms with E-state index in [4.69, 9.17) is 0 Å². The summed E-state index contributed by atoms with van der Waals surface area (Å²) >= 11 is 0. The number of amides is 1. The van der Waals surface area contributed by atoms with Crippen molar-refractivity contribution in [3.8, 4) is 0 Å². The van der Waals surface area contributed by atoms with Gasteiger partial charge in [-0.05, 0) is 37.1 Å². The zero-order chi connectivity index (χ0) is 15.0. The second-order valence-corrected chi connectivity index (χ2v) is 8.04. The summed E-state index contributed by atoms with van der Waals surface area (Å²) in [7, 11) is -3.15. The van der Waals surface area contributed by atoms with Crippen LogP contribution in [0, 0.1) is 5.92 Å². The van der Waals surface area contributed by atoms with Crippen molar-refractivity contribution in [1.82, 2.24) is 4.90 Å². The largest absolute Gasteiger partial charge is 0.385 e. The van der Waals surface area contributed by atoms with E-state index in [2.05, 4.69) is 5.32 Å². The molecule has 0 bridgehead atoms. The molecular formula is C15H20N2O3S. The Morgan fingerprint density at radius 2 is 1.90 bits per heavy atom. The molecule has 6 heteroatoms. The third-order valence-corrected chi connectivity index (χ3v) is 5.23. The Balaban J connectivity index is 1.55. The molecule has 2 aliphatic rings. The lowest BCUT2D eigenvalue weighted by Crippen LogP contribution is -2.28. The van der Waals surface area contributed by atoms with Gasteiger partial charge in [0.05, 0.1) is 4.90 Å². The minimum atomic E-state index is -3.15. The summed E-state index contributed by atoms with van der Waals surface area (Å²) in [6.07, 6.45) is 4.12. The van der Waals surface area contributed by atoms with E-state index in [-0.39, 0.29) is 5.91 Å². The SMILES string of the molecule is CS(=O)(=O)c1ccc(NCC2CC(=O)N(C3CC3)C2)cc1. The maximum atomic E-state index is 11.9. The zero-order valence-electron chi connectivity index (χ0n) is 12.1. The second kappa shape index (κ2) is 5.33. The van der Waals surface area contributed by atoms with Crippen LogP contribution in [0.5, 0.6) is 0 Å². The Hall–Kier alpha value is -1.56. The number of sulfone groups is 1. The first-order chi connectivity index (χ1) is 9.93. The van der Waals surface area contributed by atoms with Gasteiger partial charge in [-0.3, -0.25) is 4.79 Å². The van der Waals surface area contributed by atoms with Gasteiger partial charge < -0.3 is 10.2 Å². The Bertz CT molecular complexity index is 635. The second-order valence-electron chi connectivity index (χ2n) is 6.02. The Morgan fingerprint density at radius 1 is 1.24 bits per heavy atom. The van der Waals surface area contributed by atoms with Gasteiger partial charge in [0.15, 0.2) is 9.84 Å². The highest BCUT2D eigenvalue weighted by Crippen LogP contribution is 2.32. The van der Waals surface area contributed by atoms with Gasteiger partial charge in [0, 0.05) is 43.4 Å². The quantitative estimate of drug-likeness (QED) is 0.895. The van der Waals surface area contributed by atoms with E-state index in [0.717, 1.165) is 31.6 Å².